The SMILES string of the molecule is FC(F)(F)c1[c]ccc(Oc2ccc(Cl)cc2)n1. The Morgan fingerprint density at radius 3 is 2.39 bits per heavy atom. The lowest BCUT2D eigenvalue weighted by Gasteiger charge is -2.08. The van der Waals surface area contributed by atoms with Gasteiger partial charge in [-0.1, -0.05) is 11.6 Å². The van der Waals surface area contributed by atoms with Gasteiger partial charge < -0.3 is 4.74 Å². The van der Waals surface area contributed by atoms with Crippen molar-refractivity contribution in [2.45, 2.75) is 6.18 Å². The van der Waals surface area contributed by atoms with Crippen LogP contribution >= 0.6 is 11.6 Å². The molecule has 1 aromatic heterocycles. The molecule has 6 heteroatoms. The number of aromatic nitrogens is 1. The highest BCUT2D eigenvalue weighted by atomic mass is 35.5. The number of ether oxygens (including phenoxy) is 1. The Bertz CT molecular complexity index is 540. The highest BCUT2D eigenvalue weighted by Gasteiger charge is 2.33. The molecule has 0 bridgehead atoms. The number of hydrogen-bond acceptors (Lipinski definition) is 2. The van der Waals surface area contributed by atoms with Crippen LogP contribution in [0.1, 0.15) is 5.69 Å². The van der Waals surface area contributed by atoms with E-state index in [0.29, 0.717) is 10.8 Å². The highest BCUT2D eigenvalue weighted by Crippen LogP contribution is 2.29. The normalized spacial score (nSPS) is 11.3. The average Bonchev–Trinajstić information content (AvgIpc) is 2.31. The van der Waals surface area contributed by atoms with Gasteiger partial charge >= 0.3 is 6.18 Å². The van der Waals surface area contributed by atoms with E-state index in [1.807, 2.05) is 6.07 Å². The lowest BCUT2D eigenvalue weighted by molar-refractivity contribution is -0.141. The van der Waals surface area contributed by atoms with Crippen LogP contribution in [-0.2, 0) is 6.18 Å². The predicted octanol–water partition coefficient (Wildman–Crippen LogP) is 4.35. The van der Waals surface area contributed by atoms with Gasteiger partial charge in [0.2, 0.25) is 5.88 Å². The standard InChI is InChI=1S/C12H6ClF3NO/c13-8-4-6-9(7-5-8)18-11-3-1-2-10(17-11)12(14,15)16/h1,3-7H. The molecule has 1 heterocycles. The van der Waals surface area contributed by atoms with Crippen molar-refractivity contribution in [1.82, 2.24) is 4.98 Å². The van der Waals surface area contributed by atoms with Crippen molar-refractivity contribution in [3.05, 3.63) is 53.2 Å². The van der Waals surface area contributed by atoms with Gasteiger partial charge in [0.05, 0.1) is 0 Å². The van der Waals surface area contributed by atoms with Crippen molar-refractivity contribution in [2.24, 2.45) is 0 Å². The monoisotopic (exact) mass is 272 g/mol. The first kappa shape index (κ1) is 12.7. The van der Waals surface area contributed by atoms with Crippen LogP contribution < -0.4 is 4.74 Å². The molecule has 93 valence electrons. The molecule has 0 aliphatic heterocycles. The largest absolute Gasteiger partial charge is 0.439 e. The third kappa shape index (κ3) is 3.13. The Morgan fingerprint density at radius 1 is 1.11 bits per heavy atom. The second kappa shape index (κ2) is 4.86. The van der Waals surface area contributed by atoms with Crippen molar-refractivity contribution in [1.29, 1.82) is 0 Å². The zero-order chi connectivity index (χ0) is 13.2. The minimum atomic E-state index is -4.54. The van der Waals surface area contributed by atoms with Crippen LogP contribution in [0.2, 0.25) is 5.02 Å². The number of benzene rings is 1. The third-order valence-corrected chi connectivity index (χ3v) is 2.22. The van der Waals surface area contributed by atoms with Crippen molar-refractivity contribution in [3.63, 3.8) is 0 Å². The molecule has 2 rings (SSSR count). The summed E-state index contributed by atoms with van der Waals surface area (Å²) in [5.41, 5.74) is -1.12. The van der Waals surface area contributed by atoms with E-state index in [1.54, 1.807) is 12.1 Å². The Hall–Kier alpha value is -1.75. The minimum Gasteiger partial charge on any atom is -0.439 e. The summed E-state index contributed by atoms with van der Waals surface area (Å²) in [6.45, 7) is 0. The molecule has 0 amide bonds. The topological polar surface area (TPSA) is 22.1 Å². The fraction of sp³-hybridized carbons (Fsp3) is 0.0833. The molecule has 0 unspecified atom stereocenters. The highest BCUT2D eigenvalue weighted by molar-refractivity contribution is 6.30. The van der Waals surface area contributed by atoms with Gasteiger partial charge in [-0.3, -0.25) is 0 Å². The second-order valence-electron chi connectivity index (χ2n) is 3.33. The molecular weight excluding hydrogens is 267 g/mol. The van der Waals surface area contributed by atoms with E-state index in [4.69, 9.17) is 16.3 Å². The van der Waals surface area contributed by atoms with E-state index >= 15 is 0 Å². The lowest BCUT2D eigenvalue weighted by Crippen LogP contribution is -2.08. The number of hydrogen-bond donors (Lipinski definition) is 0. The molecule has 0 atom stereocenters. The number of rotatable bonds is 2. The molecule has 2 aromatic rings. The summed E-state index contributed by atoms with van der Waals surface area (Å²) in [5, 5.41) is 0.507. The zero-order valence-electron chi connectivity index (χ0n) is 8.83. The predicted molar refractivity (Wildman–Crippen MR) is 59.6 cm³/mol. The third-order valence-electron chi connectivity index (χ3n) is 1.97. The molecular formula is C12H6ClF3NO. The van der Waals surface area contributed by atoms with E-state index < -0.39 is 11.9 Å². The molecule has 1 radical (unpaired) electrons. The summed E-state index contributed by atoms with van der Waals surface area (Å²) in [4.78, 5) is 3.33. The van der Waals surface area contributed by atoms with Gasteiger partial charge in [-0.2, -0.15) is 13.2 Å². The van der Waals surface area contributed by atoms with Gasteiger partial charge in [-0.05, 0) is 30.3 Å². The fourth-order valence-electron chi connectivity index (χ4n) is 1.20. The number of halogens is 4. The van der Waals surface area contributed by atoms with Gasteiger partial charge in [-0.15, -0.1) is 0 Å². The molecule has 1 aromatic carbocycles. The molecule has 0 spiro atoms. The average molecular weight is 273 g/mol. The van der Waals surface area contributed by atoms with Crippen LogP contribution in [0.3, 0.4) is 0 Å². The summed E-state index contributed by atoms with van der Waals surface area (Å²) in [6, 6.07) is 10.6. The van der Waals surface area contributed by atoms with E-state index in [9.17, 15) is 13.2 Å². The number of alkyl halides is 3. The van der Waals surface area contributed by atoms with Gasteiger partial charge in [0.1, 0.15) is 5.75 Å². The fourth-order valence-corrected chi connectivity index (χ4v) is 1.32. The molecule has 18 heavy (non-hydrogen) atoms. The Balaban J connectivity index is 2.22. The van der Waals surface area contributed by atoms with E-state index in [-0.39, 0.29) is 5.88 Å². The van der Waals surface area contributed by atoms with E-state index in [0.717, 1.165) is 6.07 Å². The summed E-state index contributed by atoms with van der Waals surface area (Å²) >= 11 is 5.67. The molecule has 0 saturated heterocycles. The van der Waals surface area contributed by atoms with Gasteiger partial charge in [0, 0.05) is 17.2 Å². The molecule has 2 nitrogen and oxygen atoms in total. The minimum absolute atomic E-state index is 0.150. The molecule has 0 N–H and O–H groups in total. The smallest absolute Gasteiger partial charge is 0.434 e. The first-order valence-corrected chi connectivity index (χ1v) is 5.22. The maximum atomic E-state index is 12.4. The van der Waals surface area contributed by atoms with Crippen molar-refractivity contribution >= 4 is 11.6 Å². The summed E-state index contributed by atoms with van der Waals surface area (Å²) < 4.78 is 42.4. The summed E-state index contributed by atoms with van der Waals surface area (Å²) in [7, 11) is 0. The maximum absolute atomic E-state index is 12.4. The van der Waals surface area contributed by atoms with Crippen molar-refractivity contribution in [2.75, 3.05) is 0 Å². The Kier molecular flexibility index (Phi) is 3.43. The first-order valence-electron chi connectivity index (χ1n) is 4.84. The molecule has 0 fully saturated rings. The summed E-state index contributed by atoms with van der Waals surface area (Å²) in [5.74, 6) is 0.203. The summed E-state index contributed by atoms with van der Waals surface area (Å²) in [6.07, 6.45) is -4.54. The van der Waals surface area contributed by atoms with Crippen LogP contribution in [0.5, 0.6) is 11.6 Å². The van der Waals surface area contributed by atoms with Crippen LogP contribution in [0, 0.1) is 6.07 Å². The quantitative estimate of drug-likeness (QED) is 0.811. The van der Waals surface area contributed by atoms with Crippen LogP contribution in [0.4, 0.5) is 13.2 Å². The van der Waals surface area contributed by atoms with Crippen molar-refractivity contribution < 1.29 is 17.9 Å². The molecule has 0 saturated carbocycles. The van der Waals surface area contributed by atoms with Gasteiger partial charge in [-0.25, -0.2) is 4.98 Å². The lowest BCUT2D eigenvalue weighted by atomic mass is 10.3. The van der Waals surface area contributed by atoms with Gasteiger partial charge in [0.15, 0.2) is 5.69 Å². The Morgan fingerprint density at radius 2 is 1.78 bits per heavy atom. The van der Waals surface area contributed by atoms with E-state index in [2.05, 4.69) is 4.98 Å². The van der Waals surface area contributed by atoms with Crippen molar-refractivity contribution in [3.8, 4) is 11.6 Å². The maximum Gasteiger partial charge on any atom is 0.434 e. The van der Waals surface area contributed by atoms with Crippen LogP contribution in [-0.4, -0.2) is 4.98 Å². The van der Waals surface area contributed by atoms with Crippen LogP contribution in [0.15, 0.2) is 36.4 Å². The van der Waals surface area contributed by atoms with E-state index in [1.165, 1.54) is 18.2 Å². The number of pyridine rings is 1. The zero-order valence-corrected chi connectivity index (χ0v) is 9.59. The number of nitrogens with zero attached hydrogens (tertiary/aromatic N) is 1. The van der Waals surface area contributed by atoms with Crippen LogP contribution in [0.25, 0.3) is 0 Å². The second-order valence-corrected chi connectivity index (χ2v) is 3.77. The Labute approximate surface area is 106 Å². The molecule has 0 aliphatic carbocycles. The first-order chi connectivity index (χ1) is 8.45. The molecule has 0 aliphatic rings. The van der Waals surface area contributed by atoms with Gasteiger partial charge in [0.25, 0.3) is 0 Å².